The van der Waals surface area contributed by atoms with E-state index in [1.807, 2.05) is 55.4 Å². The number of benzene rings is 2. The minimum absolute atomic E-state index is 0.225. The molecule has 3 amide bonds. The van der Waals surface area contributed by atoms with Crippen LogP contribution in [0.25, 0.3) is 0 Å². The van der Waals surface area contributed by atoms with E-state index < -0.39 is 23.0 Å². The number of rotatable bonds is 8. The van der Waals surface area contributed by atoms with Crippen molar-refractivity contribution >= 4 is 58.4 Å². The normalized spacial score (nSPS) is 9.57. The second-order valence-electron chi connectivity index (χ2n) is 7.88. The summed E-state index contributed by atoms with van der Waals surface area (Å²) in [6.07, 6.45) is 3.72. The second-order valence-corrected chi connectivity index (χ2v) is 8.25. The third-order valence-electron chi connectivity index (χ3n) is 5.09. The Hall–Kier alpha value is -4.13. The van der Waals surface area contributed by atoms with Crippen LogP contribution in [0.3, 0.4) is 0 Å². The number of nitrogen functional groups attached to an aromatic ring is 1. The smallest absolute Gasteiger partial charge is 0.266 e. The number of hydrogen-bond donors (Lipinski definition) is 6. The number of anilines is 2. The Kier molecular flexibility index (Phi) is 53.6. The van der Waals surface area contributed by atoms with Gasteiger partial charge >= 0.3 is 0 Å². The van der Waals surface area contributed by atoms with Crippen molar-refractivity contribution in [1.82, 2.24) is 4.90 Å². The molecule has 0 aromatic heterocycles. The molecule has 1 aliphatic rings. The van der Waals surface area contributed by atoms with E-state index in [1.54, 1.807) is 42.5 Å². The fourth-order valence-electron chi connectivity index (χ4n) is 2.88. The van der Waals surface area contributed by atoms with E-state index in [4.69, 9.17) is 32.8 Å². The Labute approximate surface area is 301 Å². The molecule has 1 saturated heterocycles. The molecule has 9 N–H and O–H groups in total. The number of halogens is 1. The molecule has 1 fully saturated rings. The van der Waals surface area contributed by atoms with Crippen LogP contribution in [0.4, 0.5) is 11.4 Å². The molecular formula is C36H66ClN7O5. The van der Waals surface area contributed by atoms with E-state index >= 15 is 0 Å². The largest absolute Gasteiger partial charge is 0.398 e. The maximum atomic E-state index is 10.9. The number of nitrogens with two attached hydrogens (primary N) is 3. The van der Waals surface area contributed by atoms with E-state index in [0.717, 1.165) is 13.2 Å². The van der Waals surface area contributed by atoms with Gasteiger partial charge in [-0.05, 0) is 68.3 Å². The quantitative estimate of drug-likeness (QED) is 0.0925. The van der Waals surface area contributed by atoms with Gasteiger partial charge in [0.05, 0.1) is 29.2 Å². The monoisotopic (exact) mass is 711 g/mol. The first-order valence-electron chi connectivity index (χ1n) is 16.8. The molecule has 2 aromatic carbocycles. The van der Waals surface area contributed by atoms with E-state index in [-0.39, 0.29) is 5.56 Å². The zero-order chi connectivity index (χ0) is 39.6. The minimum atomic E-state index is -0.731. The van der Waals surface area contributed by atoms with Gasteiger partial charge in [-0.2, -0.15) is 0 Å². The first kappa shape index (κ1) is 57.2. The standard InChI is InChI=1S/C9H9N3O2.C7H8N2O.C6H15N.C4H8O.C2H2ClNO.4C2H6/c10-5-8(13)12-7-4-2-1-3-6(7)9(11)14;8-6-4-2-1-3-5(6)7(9)10;1-4-7(5-2)6-3;1-2-4-5-3-1;3-2(5)1-4;4*1-2/h1-5,10H,(H2,11,14)(H,12,13);1-4H,8H2,(H2,9,10);4-6H2,1-3H3;1-4H2;1,4H;4*1-2H3. The average molecular weight is 712 g/mol. The number of hydrogen-bond acceptors (Lipinski definition) is 9. The number of para-hydroxylation sites is 2. The average Bonchev–Trinajstić information content (AvgIpc) is 3.74. The Balaban J connectivity index is -0.000000117. The zero-order valence-corrected chi connectivity index (χ0v) is 32.6. The maximum Gasteiger partial charge on any atom is 0.266 e. The molecule has 3 rings (SSSR count). The molecule has 0 saturated carbocycles. The van der Waals surface area contributed by atoms with Gasteiger partial charge in [0.25, 0.3) is 23.0 Å². The van der Waals surface area contributed by atoms with Gasteiger partial charge < -0.3 is 43.0 Å². The lowest BCUT2D eigenvalue weighted by Gasteiger charge is -2.13. The highest BCUT2D eigenvalue weighted by atomic mass is 35.5. The molecule has 49 heavy (non-hydrogen) atoms. The summed E-state index contributed by atoms with van der Waals surface area (Å²) in [7, 11) is 0. The molecule has 0 bridgehead atoms. The van der Waals surface area contributed by atoms with Crippen LogP contribution >= 0.6 is 11.6 Å². The van der Waals surface area contributed by atoms with Gasteiger partial charge in [0.1, 0.15) is 0 Å². The van der Waals surface area contributed by atoms with Crippen molar-refractivity contribution in [2.24, 2.45) is 11.5 Å². The van der Waals surface area contributed by atoms with E-state index in [0.29, 0.717) is 29.4 Å². The minimum Gasteiger partial charge on any atom is -0.398 e. The van der Waals surface area contributed by atoms with Crippen molar-refractivity contribution in [3.05, 3.63) is 59.7 Å². The van der Waals surface area contributed by atoms with Crippen LogP contribution in [0.1, 0.15) is 110 Å². The number of nitrogens with zero attached hydrogens (tertiary/aromatic N) is 1. The van der Waals surface area contributed by atoms with Crippen molar-refractivity contribution in [2.75, 3.05) is 43.9 Å². The third-order valence-corrected chi connectivity index (χ3v) is 5.20. The molecule has 0 spiro atoms. The van der Waals surface area contributed by atoms with Crippen molar-refractivity contribution < 1.29 is 23.9 Å². The van der Waals surface area contributed by atoms with Crippen LogP contribution in [-0.4, -0.2) is 73.1 Å². The molecule has 2 aromatic rings. The number of primary amides is 2. The van der Waals surface area contributed by atoms with Crippen molar-refractivity contribution in [3.8, 4) is 0 Å². The molecule has 12 nitrogen and oxygen atoms in total. The van der Waals surface area contributed by atoms with E-state index in [1.165, 1.54) is 38.5 Å². The van der Waals surface area contributed by atoms with Crippen LogP contribution in [0, 0.1) is 10.8 Å². The summed E-state index contributed by atoms with van der Waals surface area (Å²) in [5.41, 5.74) is 16.8. The Morgan fingerprint density at radius 1 is 0.735 bits per heavy atom. The van der Waals surface area contributed by atoms with Gasteiger partial charge in [-0.15, -0.1) is 0 Å². The molecule has 0 unspecified atom stereocenters. The lowest BCUT2D eigenvalue weighted by atomic mass is 10.1. The highest BCUT2D eigenvalue weighted by Crippen LogP contribution is 2.13. The SMILES string of the molecule is C1CCOC1.CC.CC.CC.CC.CCN(CC)CC.N=CC(=O)Cl.N=CC(=O)Nc1ccccc1C(N)=O.NC(=O)c1ccccc1N. The lowest BCUT2D eigenvalue weighted by Crippen LogP contribution is -2.21. The molecule has 0 radical (unpaired) electrons. The van der Waals surface area contributed by atoms with Gasteiger partial charge in [-0.25, -0.2) is 0 Å². The van der Waals surface area contributed by atoms with Crippen LogP contribution in [0.15, 0.2) is 48.5 Å². The van der Waals surface area contributed by atoms with E-state index in [9.17, 15) is 19.2 Å². The molecule has 1 aliphatic heterocycles. The number of amides is 3. The highest BCUT2D eigenvalue weighted by molar-refractivity contribution is 6.77. The molecule has 282 valence electrons. The summed E-state index contributed by atoms with van der Waals surface area (Å²) < 4.78 is 4.94. The van der Waals surface area contributed by atoms with Crippen LogP contribution in [0.5, 0.6) is 0 Å². The predicted molar refractivity (Wildman–Crippen MR) is 210 cm³/mol. The van der Waals surface area contributed by atoms with Crippen molar-refractivity contribution in [1.29, 1.82) is 10.8 Å². The van der Waals surface area contributed by atoms with Crippen molar-refractivity contribution in [3.63, 3.8) is 0 Å². The topological polar surface area (TPSA) is 219 Å². The molecule has 0 aliphatic carbocycles. The highest BCUT2D eigenvalue weighted by Gasteiger charge is 2.08. The summed E-state index contributed by atoms with van der Waals surface area (Å²) in [6.45, 7) is 28.1. The fourth-order valence-corrected chi connectivity index (χ4v) is 2.88. The Morgan fingerprint density at radius 2 is 1.10 bits per heavy atom. The Bertz CT molecular complexity index is 1080. The lowest BCUT2D eigenvalue weighted by molar-refractivity contribution is -0.110. The second kappa shape index (κ2) is 46.0. The van der Waals surface area contributed by atoms with Gasteiger partial charge in [0, 0.05) is 18.9 Å². The third kappa shape index (κ3) is 38.2. The molecule has 13 heteroatoms. The van der Waals surface area contributed by atoms with Crippen LogP contribution in [0.2, 0.25) is 0 Å². The van der Waals surface area contributed by atoms with Gasteiger partial charge in [-0.1, -0.05) is 100 Å². The van der Waals surface area contributed by atoms with Gasteiger partial charge in [-0.3, -0.25) is 19.2 Å². The first-order valence-corrected chi connectivity index (χ1v) is 17.2. The summed E-state index contributed by atoms with van der Waals surface area (Å²) in [5, 5.41) is 14.4. The number of carbonyl (C=O) groups is 4. The summed E-state index contributed by atoms with van der Waals surface area (Å²) in [6, 6.07) is 13.0. The molecular weight excluding hydrogens is 646 g/mol. The zero-order valence-electron chi connectivity index (χ0n) is 31.8. The molecule has 1 heterocycles. The summed E-state index contributed by atoms with van der Waals surface area (Å²) >= 11 is 4.58. The van der Waals surface area contributed by atoms with E-state index in [2.05, 4.69) is 42.6 Å². The summed E-state index contributed by atoms with van der Waals surface area (Å²) in [4.78, 5) is 44.0. The number of nitrogens with one attached hydrogen (secondary N) is 3. The van der Waals surface area contributed by atoms with Crippen LogP contribution < -0.4 is 22.5 Å². The summed E-state index contributed by atoms with van der Waals surface area (Å²) in [5.74, 6) is -1.71. The Morgan fingerprint density at radius 3 is 1.35 bits per heavy atom. The van der Waals surface area contributed by atoms with Crippen molar-refractivity contribution in [2.45, 2.75) is 89.0 Å². The number of ether oxygens (including phenoxy) is 1. The number of carbonyl (C=O) groups excluding carboxylic acids is 4. The molecule has 0 atom stereocenters. The van der Waals surface area contributed by atoms with Gasteiger partial charge in [0.15, 0.2) is 0 Å². The predicted octanol–water partition coefficient (Wildman–Crippen LogP) is 7.39. The first-order chi connectivity index (χ1) is 23.5. The van der Waals surface area contributed by atoms with Crippen LogP contribution in [-0.2, 0) is 14.3 Å². The maximum absolute atomic E-state index is 10.9. The fraction of sp³-hybridized carbons (Fsp3) is 0.500. The van der Waals surface area contributed by atoms with Gasteiger partial charge in [0.2, 0.25) is 0 Å².